The molecule has 0 aliphatic carbocycles. The molecular formula is C24H32N8O2S2+2. The van der Waals surface area contributed by atoms with E-state index >= 15 is 0 Å². The Hall–Kier alpha value is -3.06. The van der Waals surface area contributed by atoms with Gasteiger partial charge in [0.05, 0.1) is 34.1 Å². The Bertz CT molecular complexity index is 1240. The number of aromatic nitrogens is 6. The zero-order valence-corrected chi connectivity index (χ0v) is 22.7. The molecule has 12 heteroatoms. The molecule has 4 rings (SSSR count). The number of hydrogen-bond donors (Lipinski definition) is 2. The Balaban J connectivity index is 1.20. The van der Waals surface area contributed by atoms with Crippen molar-refractivity contribution in [1.82, 2.24) is 19.9 Å². The molecule has 0 fully saturated rings. The molecule has 0 bridgehead atoms. The zero-order chi connectivity index (χ0) is 25.7. The summed E-state index contributed by atoms with van der Waals surface area (Å²) in [7, 11) is 0. The van der Waals surface area contributed by atoms with Gasteiger partial charge in [0.2, 0.25) is 11.0 Å². The molecular weight excluding hydrogens is 496 g/mol. The van der Waals surface area contributed by atoms with E-state index in [9.17, 15) is 0 Å². The highest BCUT2D eigenvalue weighted by Gasteiger charge is 2.19. The minimum atomic E-state index is 0.493. The fraction of sp³-hybridized carbons (Fsp3) is 0.417. The molecule has 0 amide bonds. The van der Waals surface area contributed by atoms with E-state index in [2.05, 4.69) is 53.9 Å². The van der Waals surface area contributed by atoms with Gasteiger partial charge in [0.25, 0.3) is 0 Å². The van der Waals surface area contributed by atoms with Crippen LogP contribution in [-0.2, 0) is 35.7 Å². The molecule has 4 aromatic rings. The van der Waals surface area contributed by atoms with Crippen LogP contribution in [0, 0.1) is 27.7 Å². The van der Waals surface area contributed by atoms with Crippen molar-refractivity contribution in [3.05, 3.63) is 67.3 Å². The molecule has 4 N–H and O–H groups in total. The highest BCUT2D eigenvalue weighted by molar-refractivity contribution is 7.09. The van der Waals surface area contributed by atoms with Gasteiger partial charge in [-0.15, -0.1) is 0 Å². The van der Waals surface area contributed by atoms with E-state index in [4.69, 9.17) is 21.2 Å². The van der Waals surface area contributed by atoms with E-state index in [-0.39, 0.29) is 0 Å². The number of anilines is 2. The molecule has 4 heterocycles. The number of nitrogens with zero attached hydrogens (tertiary/aromatic N) is 6. The van der Waals surface area contributed by atoms with E-state index in [1.54, 1.807) is 35.1 Å². The van der Waals surface area contributed by atoms with E-state index in [1.165, 1.54) is 21.1 Å². The lowest BCUT2D eigenvalue weighted by Gasteiger charge is -2.04. The summed E-state index contributed by atoms with van der Waals surface area (Å²) in [5, 5.41) is 0. The third-order valence-corrected chi connectivity index (χ3v) is 8.23. The SMILES string of the molecule is Cc1ncc(C[n+]2csc(CCOOCCc3sc[n+](Cc4cnc(C)nc4N)c3C)c2C)c(N)n1. The van der Waals surface area contributed by atoms with Crippen molar-refractivity contribution in [3.8, 4) is 0 Å². The number of hydrogen-bond acceptors (Lipinski definition) is 10. The fourth-order valence-electron chi connectivity index (χ4n) is 3.72. The van der Waals surface area contributed by atoms with Crippen LogP contribution < -0.4 is 20.6 Å². The van der Waals surface area contributed by atoms with Crippen LogP contribution >= 0.6 is 22.7 Å². The summed E-state index contributed by atoms with van der Waals surface area (Å²) in [6.07, 6.45) is 5.14. The minimum absolute atomic E-state index is 0.493. The largest absolute Gasteiger partial charge is 0.383 e. The summed E-state index contributed by atoms with van der Waals surface area (Å²) < 4.78 is 4.33. The zero-order valence-electron chi connectivity index (χ0n) is 21.0. The van der Waals surface area contributed by atoms with Gasteiger partial charge in [0.1, 0.15) is 23.3 Å². The molecule has 0 saturated heterocycles. The van der Waals surface area contributed by atoms with Crippen molar-refractivity contribution in [1.29, 1.82) is 0 Å². The molecule has 36 heavy (non-hydrogen) atoms. The average molecular weight is 529 g/mol. The molecule has 0 unspecified atom stereocenters. The number of nitrogen functional groups attached to an aromatic ring is 2. The summed E-state index contributed by atoms with van der Waals surface area (Å²) in [6, 6.07) is 0. The molecule has 0 aromatic carbocycles. The van der Waals surface area contributed by atoms with Crippen molar-refractivity contribution in [2.24, 2.45) is 0 Å². The van der Waals surface area contributed by atoms with Crippen LogP contribution in [0.3, 0.4) is 0 Å². The van der Waals surface area contributed by atoms with Crippen LogP contribution in [0.4, 0.5) is 11.6 Å². The van der Waals surface area contributed by atoms with Crippen LogP contribution in [0.15, 0.2) is 23.4 Å². The molecule has 0 atom stereocenters. The van der Waals surface area contributed by atoms with Crippen LogP contribution in [0.5, 0.6) is 0 Å². The van der Waals surface area contributed by atoms with E-state index in [0.717, 1.165) is 24.0 Å². The van der Waals surface area contributed by atoms with Crippen molar-refractivity contribution in [3.63, 3.8) is 0 Å². The first-order valence-electron chi connectivity index (χ1n) is 11.6. The van der Waals surface area contributed by atoms with Gasteiger partial charge in [-0.2, -0.15) is 9.13 Å². The van der Waals surface area contributed by atoms with Gasteiger partial charge in [-0.1, -0.05) is 22.7 Å². The Morgan fingerprint density at radius 3 is 1.53 bits per heavy atom. The lowest BCUT2D eigenvalue weighted by molar-refractivity contribution is -0.689. The predicted octanol–water partition coefficient (Wildman–Crippen LogP) is 2.19. The molecule has 0 aliphatic rings. The summed E-state index contributed by atoms with van der Waals surface area (Å²) in [5.41, 5.74) is 20.5. The maximum Gasteiger partial charge on any atom is 0.225 e. The quantitative estimate of drug-likeness (QED) is 0.131. The van der Waals surface area contributed by atoms with Crippen molar-refractivity contribution in [2.75, 3.05) is 24.7 Å². The third kappa shape index (κ3) is 6.38. The maximum atomic E-state index is 6.04. The Kier molecular flexibility index (Phi) is 8.52. The first kappa shape index (κ1) is 26.0. The van der Waals surface area contributed by atoms with Gasteiger partial charge in [0, 0.05) is 39.1 Å². The van der Waals surface area contributed by atoms with E-state index < -0.39 is 0 Å². The standard InChI is InChI=1S/C24H32N8O2S2/c1-15-21(35-13-31(15)11-19-9-27-17(3)29-23(19)25)5-7-33-34-8-6-22-16(2)32(14-36-22)12-20-10-28-18(4)30-24(20)26/h9-10,13-14H,5-8,11-12H2,1-4H3,(H2,25,27,29)(H2,26,28,30)/q+2. The summed E-state index contributed by atoms with van der Waals surface area (Å²) in [4.78, 5) is 30.4. The molecule has 0 spiro atoms. The highest BCUT2D eigenvalue weighted by Crippen LogP contribution is 2.16. The summed E-state index contributed by atoms with van der Waals surface area (Å²) >= 11 is 3.40. The topological polar surface area (TPSA) is 130 Å². The van der Waals surface area contributed by atoms with Crippen LogP contribution in [0.1, 0.15) is 43.9 Å². The van der Waals surface area contributed by atoms with Gasteiger partial charge in [-0.25, -0.2) is 29.7 Å². The van der Waals surface area contributed by atoms with Crippen LogP contribution in [0.2, 0.25) is 0 Å². The predicted molar refractivity (Wildman–Crippen MR) is 138 cm³/mol. The highest BCUT2D eigenvalue weighted by atomic mass is 32.1. The van der Waals surface area contributed by atoms with Crippen molar-refractivity contribution >= 4 is 34.3 Å². The number of nitrogens with two attached hydrogens (primary N) is 2. The molecule has 0 saturated carbocycles. The molecule has 0 aliphatic heterocycles. The van der Waals surface area contributed by atoms with Crippen LogP contribution in [0.25, 0.3) is 0 Å². The maximum absolute atomic E-state index is 6.04. The second-order valence-electron chi connectivity index (χ2n) is 8.52. The smallest absolute Gasteiger partial charge is 0.225 e. The lowest BCUT2D eigenvalue weighted by Crippen LogP contribution is -2.35. The number of aryl methyl sites for hydroxylation is 2. The minimum Gasteiger partial charge on any atom is -0.383 e. The monoisotopic (exact) mass is 528 g/mol. The van der Waals surface area contributed by atoms with Crippen LogP contribution in [-0.4, -0.2) is 33.1 Å². The normalized spacial score (nSPS) is 11.3. The molecule has 190 valence electrons. The second-order valence-corrected chi connectivity index (χ2v) is 10.4. The molecule has 0 radical (unpaired) electrons. The Labute approximate surface area is 218 Å². The van der Waals surface area contributed by atoms with Gasteiger partial charge in [-0.3, -0.25) is 0 Å². The summed E-state index contributed by atoms with van der Waals surface area (Å²) in [6.45, 7) is 10.2. The molecule has 4 aromatic heterocycles. The van der Waals surface area contributed by atoms with Gasteiger partial charge < -0.3 is 11.5 Å². The Morgan fingerprint density at radius 2 is 1.14 bits per heavy atom. The van der Waals surface area contributed by atoms with E-state index in [0.29, 0.717) is 49.6 Å². The molecule has 10 nitrogen and oxygen atoms in total. The fourth-order valence-corrected chi connectivity index (χ4v) is 5.67. The average Bonchev–Trinajstić information content (AvgIpc) is 3.36. The first-order valence-corrected chi connectivity index (χ1v) is 13.4. The van der Waals surface area contributed by atoms with E-state index in [1.807, 2.05) is 13.8 Å². The first-order chi connectivity index (χ1) is 17.3. The number of rotatable bonds is 11. The number of thiazole rings is 2. The van der Waals surface area contributed by atoms with Crippen molar-refractivity contribution < 1.29 is 18.9 Å². The third-order valence-electron chi connectivity index (χ3n) is 5.94. The second kappa shape index (κ2) is 11.8. The van der Waals surface area contributed by atoms with Gasteiger partial charge >= 0.3 is 0 Å². The van der Waals surface area contributed by atoms with Crippen molar-refractivity contribution in [2.45, 2.75) is 53.6 Å². The lowest BCUT2D eigenvalue weighted by atomic mass is 10.2. The summed E-state index contributed by atoms with van der Waals surface area (Å²) in [5.74, 6) is 2.41. The Morgan fingerprint density at radius 1 is 0.722 bits per heavy atom. The van der Waals surface area contributed by atoms with Gasteiger partial charge in [0.15, 0.2) is 24.5 Å². The van der Waals surface area contributed by atoms with Gasteiger partial charge in [-0.05, 0) is 13.8 Å².